The number of anilines is 1. The van der Waals surface area contributed by atoms with Gasteiger partial charge >= 0.3 is 10.1 Å². The Kier molecular flexibility index (Phi) is 4.91. The monoisotopic (exact) mass is 402 g/mol. The summed E-state index contributed by atoms with van der Waals surface area (Å²) in [6, 6.07) is 10.1. The number of hydrogen-bond acceptors (Lipinski definition) is 7. The Morgan fingerprint density at radius 1 is 1.07 bits per heavy atom. The second kappa shape index (κ2) is 7.37. The molecule has 0 amide bonds. The summed E-state index contributed by atoms with van der Waals surface area (Å²) >= 11 is 0. The Hall–Kier alpha value is -2.71. The highest BCUT2D eigenvalue weighted by atomic mass is 32.2. The normalized spacial score (nSPS) is 15.0. The summed E-state index contributed by atoms with van der Waals surface area (Å²) in [4.78, 5) is 2.20. The summed E-state index contributed by atoms with van der Waals surface area (Å²) in [5.74, 6) is 0.527. The zero-order chi connectivity index (χ0) is 19.7. The zero-order valence-electron chi connectivity index (χ0n) is 15.8. The number of furan rings is 1. The molecule has 0 unspecified atom stereocenters. The van der Waals surface area contributed by atoms with E-state index in [0.717, 1.165) is 42.8 Å². The molecule has 2 aromatic carbocycles. The van der Waals surface area contributed by atoms with Crippen molar-refractivity contribution >= 4 is 26.8 Å². The van der Waals surface area contributed by atoms with Crippen molar-refractivity contribution in [3.8, 4) is 11.5 Å². The predicted molar refractivity (Wildman–Crippen MR) is 107 cm³/mol. The topological polar surface area (TPSA) is 81.0 Å². The first-order chi connectivity index (χ1) is 13.5. The van der Waals surface area contributed by atoms with E-state index in [1.54, 1.807) is 36.6 Å². The number of benzene rings is 2. The third kappa shape index (κ3) is 3.53. The van der Waals surface area contributed by atoms with Gasteiger partial charge in [0.05, 0.1) is 19.1 Å². The number of nitrogens with one attached hydrogen (secondary N) is 1. The molecular weight excluding hydrogens is 380 g/mol. The average Bonchev–Trinajstić information content (AvgIpc) is 3.16. The molecule has 8 heteroatoms. The maximum Gasteiger partial charge on any atom is 0.339 e. The molecule has 4 rings (SSSR count). The van der Waals surface area contributed by atoms with Crippen LogP contribution < -0.4 is 19.1 Å². The number of ether oxygens (including phenoxy) is 1. The largest absolute Gasteiger partial charge is 0.493 e. The Bertz CT molecular complexity index is 1100. The number of piperazine rings is 1. The molecule has 0 aliphatic carbocycles. The van der Waals surface area contributed by atoms with Gasteiger partial charge in [0, 0.05) is 31.6 Å². The maximum absolute atomic E-state index is 13.0. The van der Waals surface area contributed by atoms with Gasteiger partial charge in [-0.05, 0) is 42.8 Å². The molecule has 1 aliphatic rings. The molecule has 1 fully saturated rings. The summed E-state index contributed by atoms with van der Waals surface area (Å²) in [5, 5.41) is 4.01. The van der Waals surface area contributed by atoms with Crippen LogP contribution in [0.5, 0.6) is 11.5 Å². The summed E-state index contributed by atoms with van der Waals surface area (Å²) in [5.41, 5.74) is 2.30. The molecule has 1 N–H and O–H groups in total. The third-order valence-electron chi connectivity index (χ3n) is 4.77. The molecule has 0 bridgehead atoms. The SMILES string of the molecule is COc1ccc(C)cc1OS(=O)(=O)c1cc(N2CCNCC2)c2occc2c1. The van der Waals surface area contributed by atoms with Crippen molar-refractivity contribution in [2.45, 2.75) is 11.8 Å². The molecule has 0 spiro atoms. The van der Waals surface area contributed by atoms with Crippen molar-refractivity contribution in [1.29, 1.82) is 0 Å². The standard InChI is InChI=1S/C20H22N2O5S/c1-14-3-4-18(25-2)19(11-14)27-28(23,24)16-12-15-5-10-26-20(15)17(13-16)22-8-6-21-7-9-22/h3-5,10-13,21H,6-9H2,1-2H3. The highest BCUT2D eigenvalue weighted by molar-refractivity contribution is 7.87. The molecular formula is C20H22N2O5S. The fourth-order valence-electron chi connectivity index (χ4n) is 3.34. The summed E-state index contributed by atoms with van der Waals surface area (Å²) < 4.78 is 42.4. The van der Waals surface area contributed by atoms with E-state index in [1.165, 1.54) is 7.11 Å². The Morgan fingerprint density at radius 2 is 1.86 bits per heavy atom. The molecule has 1 aliphatic heterocycles. The fourth-order valence-corrected chi connectivity index (χ4v) is 4.33. The Balaban J connectivity index is 1.76. The van der Waals surface area contributed by atoms with Crippen molar-refractivity contribution in [3.05, 3.63) is 48.2 Å². The fraction of sp³-hybridized carbons (Fsp3) is 0.300. The number of methoxy groups -OCH3 is 1. The lowest BCUT2D eigenvalue weighted by atomic mass is 10.2. The van der Waals surface area contributed by atoms with Gasteiger partial charge in [-0.3, -0.25) is 0 Å². The lowest BCUT2D eigenvalue weighted by Crippen LogP contribution is -2.43. The van der Waals surface area contributed by atoms with Gasteiger partial charge in [-0.1, -0.05) is 6.07 Å². The van der Waals surface area contributed by atoms with Crippen LogP contribution in [0, 0.1) is 6.92 Å². The maximum atomic E-state index is 13.0. The van der Waals surface area contributed by atoms with E-state index < -0.39 is 10.1 Å². The van der Waals surface area contributed by atoms with E-state index in [1.807, 2.05) is 13.0 Å². The number of hydrogen-bond donors (Lipinski definition) is 1. The van der Waals surface area contributed by atoms with Gasteiger partial charge in [0.1, 0.15) is 4.90 Å². The lowest BCUT2D eigenvalue weighted by Gasteiger charge is -2.29. The molecule has 0 radical (unpaired) electrons. The minimum absolute atomic E-state index is 0.0819. The molecule has 2 heterocycles. The smallest absolute Gasteiger partial charge is 0.339 e. The van der Waals surface area contributed by atoms with E-state index in [-0.39, 0.29) is 10.6 Å². The van der Waals surface area contributed by atoms with E-state index in [2.05, 4.69) is 10.2 Å². The zero-order valence-corrected chi connectivity index (χ0v) is 16.6. The van der Waals surface area contributed by atoms with Crippen LogP contribution in [-0.2, 0) is 10.1 Å². The quantitative estimate of drug-likeness (QED) is 0.657. The van der Waals surface area contributed by atoms with E-state index >= 15 is 0 Å². The number of aryl methyl sites for hydroxylation is 1. The van der Waals surface area contributed by atoms with Crippen LogP contribution in [0.25, 0.3) is 11.0 Å². The summed E-state index contributed by atoms with van der Waals surface area (Å²) in [6.45, 7) is 5.06. The van der Waals surface area contributed by atoms with Crippen molar-refractivity contribution in [3.63, 3.8) is 0 Å². The van der Waals surface area contributed by atoms with Crippen molar-refractivity contribution < 1.29 is 21.8 Å². The van der Waals surface area contributed by atoms with Crippen LogP contribution in [-0.4, -0.2) is 41.7 Å². The summed E-state index contributed by atoms with van der Waals surface area (Å²) in [6.07, 6.45) is 1.57. The van der Waals surface area contributed by atoms with Gasteiger partial charge in [-0.25, -0.2) is 0 Å². The Labute approximate surface area is 164 Å². The second-order valence-electron chi connectivity index (χ2n) is 6.71. The van der Waals surface area contributed by atoms with Crippen molar-refractivity contribution in [2.75, 3.05) is 38.2 Å². The van der Waals surface area contributed by atoms with Crippen LogP contribution >= 0.6 is 0 Å². The molecule has 148 valence electrons. The molecule has 28 heavy (non-hydrogen) atoms. The molecule has 0 saturated carbocycles. The first-order valence-electron chi connectivity index (χ1n) is 9.04. The van der Waals surface area contributed by atoms with Gasteiger partial charge in [0.2, 0.25) is 0 Å². The average molecular weight is 402 g/mol. The minimum atomic E-state index is -4.06. The van der Waals surface area contributed by atoms with Crippen LogP contribution in [0.4, 0.5) is 5.69 Å². The van der Waals surface area contributed by atoms with Crippen LogP contribution in [0.3, 0.4) is 0 Å². The van der Waals surface area contributed by atoms with Gasteiger partial charge in [0.25, 0.3) is 0 Å². The third-order valence-corrected chi connectivity index (χ3v) is 5.98. The molecule has 3 aromatic rings. The highest BCUT2D eigenvalue weighted by Gasteiger charge is 2.24. The van der Waals surface area contributed by atoms with E-state index in [0.29, 0.717) is 11.3 Å². The van der Waals surface area contributed by atoms with Crippen LogP contribution in [0.15, 0.2) is 52.0 Å². The van der Waals surface area contributed by atoms with Crippen molar-refractivity contribution in [2.24, 2.45) is 0 Å². The van der Waals surface area contributed by atoms with Gasteiger partial charge in [-0.2, -0.15) is 8.42 Å². The lowest BCUT2D eigenvalue weighted by molar-refractivity contribution is 0.390. The molecule has 1 aromatic heterocycles. The van der Waals surface area contributed by atoms with Gasteiger partial charge in [0.15, 0.2) is 17.1 Å². The predicted octanol–water partition coefficient (Wildman–Crippen LogP) is 2.93. The van der Waals surface area contributed by atoms with Crippen molar-refractivity contribution in [1.82, 2.24) is 5.32 Å². The highest BCUT2D eigenvalue weighted by Crippen LogP contribution is 2.35. The second-order valence-corrected chi connectivity index (χ2v) is 8.26. The molecule has 1 saturated heterocycles. The minimum Gasteiger partial charge on any atom is -0.493 e. The number of fused-ring (bicyclic) bond motifs is 1. The van der Waals surface area contributed by atoms with Crippen LogP contribution in [0.1, 0.15) is 5.56 Å². The van der Waals surface area contributed by atoms with E-state index in [4.69, 9.17) is 13.3 Å². The first kappa shape index (κ1) is 18.6. The van der Waals surface area contributed by atoms with E-state index in [9.17, 15) is 8.42 Å². The Morgan fingerprint density at radius 3 is 2.61 bits per heavy atom. The first-order valence-corrected chi connectivity index (χ1v) is 10.4. The molecule has 7 nitrogen and oxygen atoms in total. The molecule has 0 atom stereocenters. The van der Waals surface area contributed by atoms with Gasteiger partial charge in [-0.15, -0.1) is 0 Å². The van der Waals surface area contributed by atoms with Crippen LogP contribution in [0.2, 0.25) is 0 Å². The number of rotatable bonds is 5. The summed E-state index contributed by atoms with van der Waals surface area (Å²) in [7, 11) is -2.58. The number of nitrogens with zero attached hydrogens (tertiary/aromatic N) is 1. The van der Waals surface area contributed by atoms with Gasteiger partial charge < -0.3 is 23.6 Å².